The summed E-state index contributed by atoms with van der Waals surface area (Å²) in [5.41, 5.74) is 4.04. The van der Waals surface area contributed by atoms with Gasteiger partial charge in [0.2, 0.25) is 6.41 Å². The number of benzene rings is 1. The molecule has 1 aromatic carbocycles. The van der Waals surface area contributed by atoms with Gasteiger partial charge in [-0.05, 0) is 75.4 Å². The highest BCUT2D eigenvalue weighted by Gasteiger charge is 2.34. The summed E-state index contributed by atoms with van der Waals surface area (Å²) in [5, 5.41) is 7.07. The third-order valence-corrected chi connectivity index (χ3v) is 9.47. The van der Waals surface area contributed by atoms with Crippen LogP contribution >= 0.6 is 22.7 Å². The zero-order valence-electron chi connectivity index (χ0n) is 29.2. The van der Waals surface area contributed by atoms with Gasteiger partial charge in [0, 0.05) is 15.3 Å². The molecule has 0 spiro atoms. The molecular weight excluding hydrogens is 577 g/mol. The molecule has 0 saturated carbocycles. The number of quaternary nitrogens is 1. The summed E-state index contributed by atoms with van der Waals surface area (Å²) < 4.78 is 1.21. The largest absolute Gasteiger partial charge is 0.343 e. The van der Waals surface area contributed by atoms with E-state index in [1.54, 1.807) is 28.7 Å². The Morgan fingerprint density at radius 3 is 1.98 bits per heavy atom. The number of hydrogen-bond acceptors (Lipinski definition) is 3. The van der Waals surface area contributed by atoms with Crippen LogP contribution in [0.3, 0.4) is 0 Å². The average Bonchev–Trinajstić information content (AvgIpc) is 3.77. The maximum absolute atomic E-state index is 10.9. The highest BCUT2D eigenvalue weighted by Crippen LogP contribution is 2.37. The summed E-state index contributed by atoms with van der Waals surface area (Å²) in [6.07, 6.45) is 13.4. The van der Waals surface area contributed by atoms with E-state index < -0.39 is 0 Å². The smallest absolute Gasteiger partial charge is 0.208 e. The number of aryl methyl sites for hydroxylation is 1. The average molecular weight is 638 g/mol. The number of unbranched alkanes of at least 4 members (excludes halogenated alkanes) is 1. The van der Waals surface area contributed by atoms with Crippen LogP contribution in [0.15, 0.2) is 95.7 Å². The third kappa shape index (κ3) is 14.4. The Hall–Kier alpha value is -2.73. The molecule has 0 aliphatic carbocycles. The van der Waals surface area contributed by atoms with Gasteiger partial charge in [0.05, 0.1) is 13.1 Å². The SMILES string of the molecule is C/C=C(\C)C[N+](CCC)(CCCC)Cc1cccc(C)c1.C=C/C=C/C.CC.CCC(NC=O)(c1cccs1)c1cccs1. The van der Waals surface area contributed by atoms with E-state index in [-0.39, 0.29) is 5.54 Å². The van der Waals surface area contributed by atoms with Crippen LogP contribution < -0.4 is 5.32 Å². The van der Waals surface area contributed by atoms with E-state index in [9.17, 15) is 4.79 Å². The standard InChI is InChI=1S/C20H34N.C12H13NOS2.C5H8.C2H6/c1-6-9-14-21(13-7-2,16-18(4)8-3)17-20-12-10-11-19(5)15-20;1-2-12(13-9-14,10-5-3-7-15-10)11-6-4-8-16-11;1-3-5-4-2;1-2/h8,10-12,15H,6-7,9,13-14,16-17H2,1-5H3;3-9H,2H2,1H3,(H,13,14);3-5H,1H2,2H3;1-2H3/q+1;;;/b18-8+;;5-4+;. The summed E-state index contributed by atoms with van der Waals surface area (Å²) in [6.45, 7) is 27.7. The highest BCUT2D eigenvalue weighted by atomic mass is 32.1. The van der Waals surface area contributed by atoms with Gasteiger partial charge in [-0.25, -0.2) is 0 Å². The van der Waals surface area contributed by atoms with Gasteiger partial charge in [-0.1, -0.05) is 114 Å². The minimum atomic E-state index is -0.343. The zero-order chi connectivity index (χ0) is 33.3. The molecule has 1 unspecified atom stereocenters. The van der Waals surface area contributed by atoms with Gasteiger partial charge in [0.15, 0.2) is 0 Å². The molecular formula is C39H61N2OS2+. The Morgan fingerprint density at radius 2 is 1.59 bits per heavy atom. The lowest BCUT2D eigenvalue weighted by molar-refractivity contribution is -0.937. The maximum atomic E-state index is 10.9. The van der Waals surface area contributed by atoms with E-state index in [4.69, 9.17) is 0 Å². The Morgan fingerprint density at radius 1 is 0.955 bits per heavy atom. The van der Waals surface area contributed by atoms with Crippen molar-refractivity contribution in [1.29, 1.82) is 0 Å². The van der Waals surface area contributed by atoms with Crippen LogP contribution in [-0.4, -0.2) is 30.5 Å². The number of hydrogen-bond donors (Lipinski definition) is 1. The Balaban J connectivity index is 0.000000708. The maximum Gasteiger partial charge on any atom is 0.208 e. The van der Waals surface area contributed by atoms with E-state index in [1.807, 2.05) is 55.8 Å². The molecule has 5 heteroatoms. The van der Waals surface area contributed by atoms with E-state index in [1.165, 1.54) is 76.4 Å². The first-order valence-corrected chi connectivity index (χ1v) is 18.1. The van der Waals surface area contributed by atoms with E-state index in [2.05, 4.69) is 95.9 Å². The lowest BCUT2D eigenvalue weighted by atomic mass is 9.92. The number of allylic oxidation sites excluding steroid dienone is 4. The van der Waals surface area contributed by atoms with Crippen molar-refractivity contribution in [2.45, 2.75) is 100 Å². The van der Waals surface area contributed by atoms with Crippen LogP contribution in [0, 0.1) is 6.92 Å². The van der Waals surface area contributed by atoms with Crippen molar-refractivity contribution in [2.24, 2.45) is 0 Å². The summed E-state index contributed by atoms with van der Waals surface area (Å²) in [4.78, 5) is 13.2. The number of nitrogens with one attached hydrogen (secondary N) is 1. The molecule has 44 heavy (non-hydrogen) atoms. The van der Waals surface area contributed by atoms with E-state index >= 15 is 0 Å². The Kier molecular flexibility index (Phi) is 23.0. The minimum Gasteiger partial charge on any atom is -0.343 e. The summed E-state index contributed by atoms with van der Waals surface area (Å²) in [7, 11) is 0. The van der Waals surface area contributed by atoms with E-state index in [0.717, 1.165) is 12.8 Å². The zero-order valence-corrected chi connectivity index (χ0v) is 30.8. The second kappa shape index (κ2) is 24.6. The predicted octanol–water partition coefficient (Wildman–Crippen LogP) is 11.5. The topological polar surface area (TPSA) is 29.1 Å². The van der Waals surface area contributed by atoms with Crippen LogP contribution in [0.2, 0.25) is 0 Å². The minimum absolute atomic E-state index is 0.343. The molecule has 1 N–H and O–H groups in total. The van der Waals surface area contributed by atoms with Gasteiger partial charge >= 0.3 is 0 Å². The normalized spacial score (nSPS) is 12.4. The Bertz CT molecular complexity index is 1140. The molecule has 0 fully saturated rings. The molecule has 0 bridgehead atoms. The number of nitrogens with zero attached hydrogens (tertiary/aromatic N) is 1. The molecule has 1 atom stereocenters. The predicted molar refractivity (Wildman–Crippen MR) is 200 cm³/mol. The number of carbonyl (C=O) groups excluding carboxylic acids is 1. The quantitative estimate of drug-likeness (QED) is 0.0764. The molecule has 2 heterocycles. The first kappa shape index (κ1) is 41.3. The second-order valence-corrected chi connectivity index (χ2v) is 12.7. The summed E-state index contributed by atoms with van der Waals surface area (Å²) >= 11 is 3.36. The van der Waals surface area contributed by atoms with Gasteiger partial charge in [0.25, 0.3) is 0 Å². The van der Waals surface area contributed by atoms with Crippen molar-refractivity contribution >= 4 is 29.1 Å². The number of amides is 1. The van der Waals surface area contributed by atoms with Crippen molar-refractivity contribution in [1.82, 2.24) is 5.32 Å². The van der Waals surface area contributed by atoms with Gasteiger partial charge in [-0.3, -0.25) is 4.79 Å². The van der Waals surface area contributed by atoms with Crippen molar-refractivity contribution in [2.75, 3.05) is 19.6 Å². The van der Waals surface area contributed by atoms with Gasteiger partial charge < -0.3 is 9.80 Å². The lowest BCUT2D eigenvalue weighted by Crippen LogP contribution is -2.49. The highest BCUT2D eigenvalue weighted by molar-refractivity contribution is 7.11. The number of rotatable bonds is 15. The summed E-state index contributed by atoms with van der Waals surface area (Å²) in [6, 6.07) is 17.2. The Labute approximate surface area is 279 Å². The number of carbonyl (C=O) groups is 1. The van der Waals surface area contributed by atoms with Crippen molar-refractivity contribution < 1.29 is 9.28 Å². The molecule has 2 aromatic heterocycles. The third-order valence-electron chi connectivity index (χ3n) is 7.41. The van der Waals surface area contributed by atoms with Crippen molar-refractivity contribution in [3.8, 4) is 0 Å². The van der Waals surface area contributed by atoms with Gasteiger partial charge in [0.1, 0.15) is 18.6 Å². The number of thiophene rings is 2. The van der Waals surface area contributed by atoms with Crippen molar-refractivity contribution in [3.05, 3.63) is 117 Å². The molecule has 3 rings (SSSR count). The van der Waals surface area contributed by atoms with Crippen molar-refractivity contribution in [3.63, 3.8) is 0 Å². The van der Waals surface area contributed by atoms with E-state index in [0.29, 0.717) is 0 Å². The van der Waals surface area contributed by atoms with Crippen LogP contribution in [0.5, 0.6) is 0 Å². The second-order valence-electron chi connectivity index (χ2n) is 10.8. The molecule has 0 saturated heterocycles. The fourth-order valence-electron chi connectivity index (χ4n) is 5.26. The molecule has 3 aromatic rings. The van der Waals surface area contributed by atoms with Gasteiger partial charge in [-0.15, -0.1) is 22.7 Å². The molecule has 0 aliphatic rings. The molecule has 244 valence electrons. The fourth-order valence-corrected chi connectivity index (χ4v) is 7.28. The molecule has 1 amide bonds. The molecule has 0 radical (unpaired) electrons. The van der Waals surface area contributed by atoms with Gasteiger partial charge in [-0.2, -0.15) is 0 Å². The first-order valence-electron chi connectivity index (χ1n) is 16.4. The van der Waals surface area contributed by atoms with Crippen LogP contribution in [0.4, 0.5) is 0 Å². The monoisotopic (exact) mass is 637 g/mol. The fraction of sp³-hybridized carbons (Fsp3) is 0.462. The van der Waals surface area contributed by atoms with Crippen LogP contribution in [0.25, 0.3) is 0 Å². The van der Waals surface area contributed by atoms with Crippen LogP contribution in [-0.2, 0) is 16.9 Å². The van der Waals surface area contributed by atoms with Crippen LogP contribution in [0.1, 0.15) is 102 Å². The first-order chi connectivity index (χ1) is 21.3. The molecule has 3 nitrogen and oxygen atoms in total. The summed E-state index contributed by atoms with van der Waals surface area (Å²) in [5.74, 6) is 0. The lowest BCUT2D eigenvalue weighted by Gasteiger charge is -2.39. The molecule has 0 aliphatic heterocycles.